The van der Waals surface area contributed by atoms with Crippen molar-refractivity contribution in [3.05, 3.63) is 41.6 Å². The maximum atomic E-state index is 11.1. The van der Waals surface area contributed by atoms with Crippen molar-refractivity contribution in [2.24, 2.45) is 0 Å². The summed E-state index contributed by atoms with van der Waals surface area (Å²) < 4.78 is 22.2. The van der Waals surface area contributed by atoms with Crippen LogP contribution in [0, 0.1) is 0 Å². The molecule has 16 heavy (non-hydrogen) atoms. The molecular formula is C10H12ClN2O2S-. The third-order valence-electron chi connectivity index (χ3n) is 2.22. The van der Waals surface area contributed by atoms with Gasteiger partial charge in [-0.1, -0.05) is 12.1 Å². The van der Waals surface area contributed by atoms with Gasteiger partial charge in [0, 0.05) is 30.4 Å². The van der Waals surface area contributed by atoms with Crippen molar-refractivity contribution in [3.63, 3.8) is 0 Å². The van der Waals surface area contributed by atoms with Crippen molar-refractivity contribution < 1.29 is 20.8 Å². The summed E-state index contributed by atoms with van der Waals surface area (Å²) in [6.45, 7) is 0.637. The SMILES string of the molecule is O=S1(=O)C=CC(NCc2cccnc2)C1.[Cl-]. The molecule has 0 spiro atoms. The standard InChI is InChI=1S/C10H12N2O2S.ClH/c13-15(14)5-3-10(8-15)12-7-9-2-1-4-11-6-9;/h1-6,10,12H,7-8H2;1H/p-1. The molecule has 88 valence electrons. The molecule has 1 aromatic heterocycles. The molecule has 1 aliphatic heterocycles. The molecule has 0 fully saturated rings. The molecule has 0 saturated heterocycles. The molecule has 0 aromatic carbocycles. The summed E-state index contributed by atoms with van der Waals surface area (Å²) in [5.41, 5.74) is 1.05. The fourth-order valence-electron chi connectivity index (χ4n) is 1.45. The Kier molecular flexibility index (Phi) is 4.46. The van der Waals surface area contributed by atoms with Crippen LogP contribution in [0.15, 0.2) is 36.0 Å². The van der Waals surface area contributed by atoms with E-state index in [0.717, 1.165) is 5.56 Å². The highest BCUT2D eigenvalue weighted by Crippen LogP contribution is 2.08. The van der Waals surface area contributed by atoms with Gasteiger partial charge in [-0.25, -0.2) is 8.42 Å². The molecule has 0 amide bonds. The minimum atomic E-state index is -2.96. The van der Waals surface area contributed by atoms with Crippen LogP contribution in [0.2, 0.25) is 0 Å². The molecule has 0 radical (unpaired) electrons. The molecule has 2 heterocycles. The van der Waals surface area contributed by atoms with Gasteiger partial charge in [0.2, 0.25) is 0 Å². The highest BCUT2D eigenvalue weighted by molar-refractivity contribution is 7.94. The quantitative estimate of drug-likeness (QED) is 0.651. The third kappa shape index (κ3) is 3.59. The van der Waals surface area contributed by atoms with Gasteiger partial charge >= 0.3 is 0 Å². The van der Waals surface area contributed by atoms with Gasteiger partial charge in [-0.15, -0.1) is 0 Å². The topological polar surface area (TPSA) is 59.1 Å². The average Bonchev–Trinajstić information content (AvgIpc) is 2.57. The van der Waals surface area contributed by atoms with Gasteiger partial charge in [-0.3, -0.25) is 4.98 Å². The van der Waals surface area contributed by atoms with E-state index in [0.29, 0.717) is 6.54 Å². The number of pyridine rings is 1. The first-order chi connectivity index (χ1) is 7.16. The summed E-state index contributed by atoms with van der Waals surface area (Å²) in [5.74, 6) is 0.160. The molecule has 0 bridgehead atoms. The van der Waals surface area contributed by atoms with Gasteiger partial charge < -0.3 is 17.7 Å². The first kappa shape index (κ1) is 13.2. The molecule has 1 aromatic rings. The third-order valence-corrected chi connectivity index (χ3v) is 3.62. The largest absolute Gasteiger partial charge is 1.00 e. The van der Waals surface area contributed by atoms with Gasteiger partial charge in [0.05, 0.1) is 5.75 Å². The molecular weight excluding hydrogens is 248 g/mol. The fraction of sp³-hybridized carbons (Fsp3) is 0.300. The molecule has 1 atom stereocenters. The molecule has 2 rings (SSSR count). The Morgan fingerprint density at radius 1 is 1.50 bits per heavy atom. The van der Waals surface area contributed by atoms with E-state index in [-0.39, 0.29) is 24.2 Å². The second kappa shape index (κ2) is 5.43. The minimum Gasteiger partial charge on any atom is -1.00 e. The Bertz CT molecular complexity index is 459. The van der Waals surface area contributed by atoms with Crippen LogP contribution in [-0.2, 0) is 16.4 Å². The van der Waals surface area contributed by atoms with Crippen LogP contribution in [0.5, 0.6) is 0 Å². The van der Waals surface area contributed by atoms with Gasteiger partial charge in [0.25, 0.3) is 0 Å². The molecule has 4 nitrogen and oxygen atoms in total. The number of halogens is 1. The molecule has 0 saturated carbocycles. The van der Waals surface area contributed by atoms with Crippen LogP contribution in [-0.4, -0.2) is 25.2 Å². The number of nitrogens with one attached hydrogen (secondary N) is 1. The van der Waals surface area contributed by atoms with E-state index >= 15 is 0 Å². The second-order valence-electron chi connectivity index (χ2n) is 3.51. The van der Waals surface area contributed by atoms with Crippen LogP contribution in [0.1, 0.15) is 5.56 Å². The Morgan fingerprint density at radius 3 is 2.88 bits per heavy atom. The lowest BCUT2D eigenvalue weighted by Crippen LogP contribution is -3.00. The average molecular weight is 260 g/mol. The molecule has 1 unspecified atom stereocenters. The van der Waals surface area contributed by atoms with E-state index in [1.54, 1.807) is 18.5 Å². The maximum absolute atomic E-state index is 11.1. The van der Waals surface area contributed by atoms with Crippen LogP contribution in [0.4, 0.5) is 0 Å². The fourth-order valence-corrected chi connectivity index (χ4v) is 2.72. The number of hydrogen-bond acceptors (Lipinski definition) is 4. The first-order valence-corrected chi connectivity index (χ1v) is 6.40. The van der Waals surface area contributed by atoms with E-state index in [9.17, 15) is 8.42 Å². The van der Waals surface area contributed by atoms with E-state index in [2.05, 4.69) is 10.3 Å². The van der Waals surface area contributed by atoms with Crippen LogP contribution >= 0.6 is 0 Å². The lowest BCUT2D eigenvalue weighted by molar-refractivity contribution is -0.00000556. The zero-order valence-electron chi connectivity index (χ0n) is 8.51. The summed E-state index contributed by atoms with van der Waals surface area (Å²) in [6, 6.07) is 3.74. The first-order valence-electron chi connectivity index (χ1n) is 4.69. The van der Waals surface area contributed by atoms with Crippen molar-refractivity contribution in [2.75, 3.05) is 5.75 Å². The number of nitrogens with zero attached hydrogens (tertiary/aromatic N) is 1. The molecule has 1 aliphatic rings. The number of rotatable bonds is 3. The highest BCUT2D eigenvalue weighted by atomic mass is 35.5. The predicted octanol–water partition coefficient (Wildman–Crippen LogP) is -2.51. The summed E-state index contributed by atoms with van der Waals surface area (Å²) >= 11 is 0. The Balaban J connectivity index is 0.00000128. The van der Waals surface area contributed by atoms with Gasteiger partial charge in [0.1, 0.15) is 0 Å². The number of aromatic nitrogens is 1. The van der Waals surface area contributed by atoms with E-state index in [1.165, 1.54) is 5.41 Å². The zero-order valence-corrected chi connectivity index (χ0v) is 10.1. The lowest BCUT2D eigenvalue weighted by atomic mass is 10.2. The normalized spacial score (nSPS) is 21.6. The monoisotopic (exact) mass is 259 g/mol. The Morgan fingerprint density at radius 2 is 2.31 bits per heavy atom. The number of hydrogen-bond donors (Lipinski definition) is 1. The summed E-state index contributed by atoms with van der Waals surface area (Å²) in [4.78, 5) is 3.98. The van der Waals surface area contributed by atoms with Crippen molar-refractivity contribution in [1.82, 2.24) is 10.3 Å². The van der Waals surface area contributed by atoms with Crippen molar-refractivity contribution in [2.45, 2.75) is 12.6 Å². The van der Waals surface area contributed by atoms with Crippen molar-refractivity contribution >= 4 is 9.84 Å². The van der Waals surface area contributed by atoms with Crippen molar-refractivity contribution in [1.29, 1.82) is 0 Å². The highest BCUT2D eigenvalue weighted by Gasteiger charge is 2.20. The Labute approximate surface area is 101 Å². The van der Waals surface area contributed by atoms with E-state index < -0.39 is 9.84 Å². The van der Waals surface area contributed by atoms with Crippen LogP contribution < -0.4 is 17.7 Å². The number of sulfone groups is 1. The van der Waals surface area contributed by atoms with Crippen LogP contribution in [0.25, 0.3) is 0 Å². The second-order valence-corrected chi connectivity index (χ2v) is 5.44. The summed E-state index contributed by atoms with van der Waals surface area (Å²) in [6.07, 6.45) is 5.16. The van der Waals surface area contributed by atoms with Gasteiger partial charge in [-0.2, -0.15) is 0 Å². The summed E-state index contributed by atoms with van der Waals surface area (Å²) in [5, 5.41) is 4.42. The summed E-state index contributed by atoms with van der Waals surface area (Å²) in [7, 11) is -2.96. The van der Waals surface area contributed by atoms with Gasteiger partial charge in [0.15, 0.2) is 9.84 Å². The lowest BCUT2D eigenvalue weighted by Gasteiger charge is -2.08. The smallest absolute Gasteiger partial charge is 0.173 e. The minimum absolute atomic E-state index is 0. The zero-order chi connectivity index (χ0) is 10.7. The Hall–Kier alpha value is -0.910. The molecule has 6 heteroatoms. The van der Waals surface area contributed by atoms with E-state index in [1.807, 2.05) is 12.1 Å². The van der Waals surface area contributed by atoms with Crippen molar-refractivity contribution in [3.8, 4) is 0 Å². The van der Waals surface area contributed by atoms with Crippen LogP contribution in [0.3, 0.4) is 0 Å². The maximum Gasteiger partial charge on any atom is 0.173 e. The predicted molar refractivity (Wildman–Crippen MR) is 57.8 cm³/mol. The molecule has 0 aliphatic carbocycles. The van der Waals surface area contributed by atoms with Gasteiger partial charge in [-0.05, 0) is 11.6 Å². The van der Waals surface area contributed by atoms with E-state index in [4.69, 9.17) is 0 Å². The molecule has 1 N–H and O–H groups in total.